The zero-order valence-electron chi connectivity index (χ0n) is 21.1. The van der Waals surface area contributed by atoms with E-state index < -0.39 is 10.0 Å². The predicted octanol–water partition coefficient (Wildman–Crippen LogP) is 2.52. The van der Waals surface area contributed by atoms with E-state index in [0.29, 0.717) is 54.8 Å². The molecule has 1 aliphatic rings. The van der Waals surface area contributed by atoms with Crippen LogP contribution < -0.4 is 4.74 Å². The van der Waals surface area contributed by atoms with Crippen LogP contribution in [0.15, 0.2) is 39.8 Å². The minimum absolute atomic E-state index is 0.0344. The summed E-state index contributed by atoms with van der Waals surface area (Å²) in [7, 11) is -0.892. The van der Waals surface area contributed by atoms with Gasteiger partial charge in [0.2, 0.25) is 15.9 Å². The molecule has 1 fully saturated rings. The lowest BCUT2D eigenvalue weighted by Gasteiger charge is -2.33. The minimum atomic E-state index is -3.85. The number of sulfonamides is 1. The number of nitrogens with zero attached hydrogens (tertiary/aromatic N) is 6. The first-order valence-electron chi connectivity index (χ1n) is 11.6. The third-order valence-corrected chi connectivity index (χ3v) is 8.53. The van der Waals surface area contributed by atoms with Gasteiger partial charge in [0.25, 0.3) is 0 Å². The topological polar surface area (TPSA) is 122 Å². The summed E-state index contributed by atoms with van der Waals surface area (Å²) in [4.78, 5) is 21.1. The van der Waals surface area contributed by atoms with Crippen LogP contribution >= 0.6 is 11.6 Å². The molecule has 0 atom stereocenters. The molecular formula is C24H29ClN6O5S. The summed E-state index contributed by atoms with van der Waals surface area (Å²) in [5.41, 5.74) is 2.18. The third kappa shape index (κ3) is 6.09. The van der Waals surface area contributed by atoms with Gasteiger partial charge in [-0.25, -0.2) is 13.4 Å². The summed E-state index contributed by atoms with van der Waals surface area (Å²) in [6.07, 6.45) is 1.74. The van der Waals surface area contributed by atoms with Crippen LogP contribution in [0.2, 0.25) is 5.15 Å². The van der Waals surface area contributed by atoms with E-state index in [1.165, 1.54) is 14.2 Å². The molecule has 0 saturated carbocycles. The van der Waals surface area contributed by atoms with Crippen molar-refractivity contribution in [2.24, 2.45) is 0 Å². The smallest absolute Gasteiger partial charge is 0.311 e. The van der Waals surface area contributed by atoms with Gasteiger partial charge in [-0.15, -0.1) is 10.2 Å². The maximum Gasteiger partial charge on any atom is 0.311 e. The lowest BCUT2D eigenvalue weighted by Crippen LogP contribution is -2.48. The van der Waals surface area contributed by atoms with Crippen LogP contribution in [0.4, 0.5) is 0 Å². The highest BCUT2D eigenvalue weighted by Gasteiger charge is 2.29. The summed E-state index contributed by atoms with van der Waals surface area (Å²) in [5.74, 6) is 0.0819. The summed E-state index contributed by atoms with van der Waals surface area (Å²) in [5, 5.41) is 8.23. The number of ether oxygens (including phenoxy) is 1. The average molecular weight is 549 g/mol. The molecule has 198 valence electrons. The van der Waals surface area contributed by atoms with Gasteiger partial charge in [-0.3, -0.25) is 9.69 Å². The Kier molecular flexibility index (Phi) is 8.12. The van der Waals surface area contributed by atoms with Crippen LogP contribution in [-0.4, -0.2) is 83.9 Å². The first kappa shape index (κ1) is 27.0. The van der Waals surface area contributed by atoms with Crippen molar-refractivity contribution in [1.82, 2.24) is 29.3 Å². The zero-order chi connectivity index (χ0) is 26.7. The number of carbonyl (C=O) groups excluding carboxylic acids is 1. The van der Waals surface area contributed by atoms with Crippen molar-refractivity contribution in [3.05, 3.63) is 64.1 Å². The van der Waals surface area contributed by atoms with Gasteiger partial charge in [0.1, 0.15) is 10.9 Å². The molecule has 11 nitrogen and oxygen atoms in total. The van der Waals surface area contributed by atoms with Crippen molar-refractivity contribution in [1.29, 1.82) is 0 Å². The number of rotatable bonds is 8. The van der Waals surface area contributed by atoms with Crippen molar-refractivity contribution in [2.75, 3.05) is 40.3 Å². The van der Waals surface area contributed by atoms with E-state index in [4.69, 9.17) is 20.8 Å². The molecule has 1 aliphatic heterocycles. The second kappa shape index (κ2) is 11.1. The number of aryl methyl sites for hydroxylation is 2. The Hall–Kier alpha value is -3.06. The lowest BCUT2D eigenvalue weighted by atomic mass is 10.1. The molecule has 0 radical (unpaired) electrons. The molecule has 0 N–H and O–H groups in total. The van der Waals surface area contributed by atoms with E-state index in [0.717, 1.165) is 9.87 Å². The molecule has 37 heavy (non-hydrogen) atoms. The highest BCUT2D eigenvalue weighted by molar-refractivity contribution is 7.89. The number of amides is 1. The van der Waals surface area contributed by atoms with Crippen molar-refractivity contribution in [2.45, 2.75) is 31.8 Å². The Labute approximate surface area is 221 Å². The quantitative estimate of drug-likeness (QED) is 0.391. The SMILES string of the molecule is COc1cc(C)c(S(=O)(=O)N(C)Cc2nnc(C(=O)N3CCN(Cc4ccc(Cl)nc4)CC3)o2)c(C)c1. The van der Waals surface area contributed by atoms with Gasteiger partial charge < -0.3 is 14.1 Å². The molecular weight excluding hydrogens is 520 g/mol. The fraction of sp³-hybridized carbons (Fsp3) is 0.417. The highest BCUT2D eigenvalue weighted by Crippen LogP contribution is 2.28. The molecule has 1 saturated heterocycles. The van der Waals surface area contributed by atoms with Gasteiger partial charge in [0, 0.05) is 46.0 Å². The Morgan fingerprint density at radius 2 is 1.81 bits per heavy atom. The van der Waals surface area contributed by atoms with Gasteiger partial charge in [0.15, 0.2) is 0 Å². The maximum atomic E-state index is 13.2. The monoisotopic (exact) mass is 548 g/mol. The van der Waals surface area contributed by atoms with Crippen LogP contribution in [0.1, 0.15) is 33.3 Å². The van der Waals surface area contributed by atoms with Crippen LogP contribution in [0, 0.1) is 13.8 Å². The Morgan fingerprint density at radius 3 is 2.41 bits per heavy atom. The van der Waals surface area contributed by atoms with Crippen LogP contribution in [0.5, 0.6) is 5.75 Å². The first-order chi connectivity index (χ1) is 17.6. The molecule has 2 aromatic heterocycles. The summed E-state index contributed by atoms with van der Waals surface area (Å²) >= 11 is 5.84. The maximum absolute atomic E-state index is 13.2. The summed E-state index contributed by atoms with van der Waals surface area (Å²) < 4.78 is 38.4. The standard InChI is InChI=1S/C24H29ClN6O5S/c1-16-11-19(35-4)12-17(2)22(16)37(33,34)29(3)15-21-27-28-23(36-21)24(32)31-9-7-30(8-10-31)14-18-5-6-20(25)26-13-18/h5-6,11-13H,7-10,14-15H2,1-4H3. The number of carbonyl (C=O) groups is 1. The van der Waals surface area contributed by atoms with E-state index in [2.05, 4.69) is 20.1 Å². The van der Waals surface area contributed by atoms with Gasteiger partial charge in [-0.05, 0) is 48.7 Å². The number of halogens is 1. The van der Waals surface area contributed by atoms with E-state index in [1.54, 1.807) is 43.1 Å². The number of benzene rings is 1. The van der Waals surface area contributed by atoms with Gasteiger partial charge in [-0.2, -0.15) is 4.31 Å². The van der Waals surface area contributed by atoms with E-state index in [9.17, 15) is 13.2 Å². The minimum Gasteiger partial charge on any atom is -0.497 e. The van der Waals surface area contributed by atoms with E-state index >= 15 is 0 Å². The fourth-order valence-electron chi connectivity index (χ4n) is 4.27. The second-order valence-corrected chi connectivity index (χ2v) is 11.3. The molecule has 0 aliphatic carbocycles. The summed E-state index contributed by atoms with van der Waals surface area (Å²) in [6, 6.07) is 7.03. The fourth-order valence-corrected chi connectivity index (χ4v) is 5.91. The van der Waals surface area contributed by atoms with Crippen molar-refractivity contribution >= 4 is 27.5 Å². The van der Waals surface area contributed by atoms with Gasteiger partial charge >= 0.3 is 11.8 Å². The number of pyridine rings is 1. The lowest BCUT2D eigenvalue weighted by molar-refractivity contribution is 0.0587. The number of methoxy groups -OCH3 is 1. The van der Waals surface area contributed by atoms with Crippen LogP contribution in [0.3, 0.4) is 0 Å². The molecule has 1 aromatic carbocycles. The highest BCUT2D eigenvalue weighted by atomic mass is 35.5. The Balaban J connectivity index is 1.36. The molecule has 4 rings (SSSR count). The van der Waals surface area contributed by atoms with E-state index in [-0.39, 0.29) is 29.1 Å². The van der Waals surface area contributed by atoms with Crippen molar-refractivity contribution in [3.63, 3.8) is 0 Å². The normalized spacial score (nSPS) is 14.8. The molecule has 13 heteroatoms. The molecule has 0 unspecified atom stereocenters. The zero-order valence-corrected chi connectivity index (χ0v) is 22.7. The second-order valence-electron chi connectivity index (χ2n) is 8.91. The van der Waals surface area contributed by atoms with Gasteiger partial charge in [0.05, 0.1) is 18.6 Å². The largest absolute Gasteiger partial charge is 0.497 e. The van der Waals surface area contributed by atoms with E-state index in [1.807, 2.05) is 6.07 Å². The van der Waals surface area contributed by atoms with Crippen molar-refractivity contribution in [3.8, 4) is 5.75 Å². The number of hydrogen-bond donors (Lipinski definition) is 0. The van der Waals surface area contributed by atoms with Crippen LogP contribution in [0.25, 0.3) is 0 Å². The van der Waals surface area contributed by atoms with Gasteiger partial charge in [-0.1, -0.05) is 17.7 Å². The number of aromatic nitrogens is 3. The molecule has 3 aromatic rings. The number of piperazine rings is 1. The Bertz CT molecular complexity index is 1350. The Morgan fingerprint density at radius 1 is 1.14 bits per heavy atom. The molecule has 0 bridgehead atoms. The van der Waals surface area contributed by atoms with Crippen molar-refractivity contribution < 1.29 is 22.4 Å². The average Bonchev–Trinajstić information content (AvgIpc) is 3.33. The summed E-state index contributed by atoms with van der Waals surface area (Å²) in [6.45, 7) is 6.33. The third-order valence-electron chi connectivity index (χ3n) is 6.20. The predicted molar refractivity (Wildman–Crippen MR) is 136 cm³/mol. The molecule has 1 amide bonds. The molecule has 0 spiro atoms. The number of hydrogen-bond acceptors (Lipinski definition) is 9. The molecule has 3 heterocycles. The van der Waals surface area contributed by atoms with Crippen LogP contribution in [-0.2, 0) is 23.1 Å². The first-order valence-corrected chi connectivity index (χ1v) is 13.5.